The summed E-state index contributed by atoms with van der Waals surface area (Å²) in [5, 5.41) is 4.88. The zero-order valence-corrected chi connectivity index (χ0v) is 25.6. The van der Waals surface area contributed by atoms with Gasteiger partial charge < -0.3 is 5.73 Å². The van der Waals surface area contributed by atoms with Crippen molar-refractivity contribution in [3.63, 3.8) is 0 Å². The van der Waals surface area contributed by atoms with Crippen molar-refractivity contribution in [1.29, 1.82) is 0 Å². The Balaban J connectivity index is 1.62. The standard InChI is InChI=1S/C36H35N3O2S/c1-6-35(2,3)17-18-36(4,5)21-39-33(40)27-16-15-26-25-9-7-8-10-29(25)42-32-22(11-13-24-14-12-23(37)20-38-24)19-28(34(39)41)30(27)31(26)32/h7-10,12,14-16,19-20H,6,17-18,21,37H2,1-5H3. The van der Waals surface area contributed by atoms with Crippen molar-refractivity contribution in [2.45, 2.75) is 60.4 Å². The van der Waals surface area contributed by atoms with Crippen LogP contribution in [0.2, 0.25) is 0 Å². The van der Waals surface area contributed by atoms with Gasteiger partial charge in [-0.05, 0) is 70.7 Å². The first kappa shape index (κ1) is 27.9. The minimum atomic E-state index is -0.253. The monoisotopic (exact) mass is 573 g/mol. The average molecular weight is 574 g/mol. The number of hydrogen-bond donors (Lipinski definition) is 1. The van der Waals surface area contributed by atoms with Crippen LogP contribution in [-0.4, -0.2) is 9.55 Å². The fourth-order valence-corrected chi connectivity index (χ4v) is 6.88. The van der Waals surface area contributed by atoms with Crippen molar-refractivity contribution in [3.05, 3.63) is 92.8 Å². The second kappa shape index (κ2) is 10.3. The smallest absolute Gasteiger partial charge is 0.261 e. The molecule has 0 aliphatic carbocycles. The van der Waals surface area contributed by atoms with Crippen LogP contribution >= 0.6 is 11.3 Å². The molecule has 3 aromatic heterocycles. The van der Waals surface area contributed by atoms with Crippen molar-refractivity contribution >= 4 is 58.7 Å². The number of aromatic nitrogens is 2. The lowest BCUT2D eigenvalue weighted by Crippen LogP contribution is -2.38. The Labute approximate surface area is 249 Å². The highest BCUT2D eigenvalue weighted by molar-refractivity contribution is 7.25. The molecule has 6 rings (SSSR count). The topological polar surface area (TPSA) is 78.0 Å². The van der Waals surface area contributed by atoms with E-state index in [2.05, 4.69) is 63.6 Å². The number of nitrogen functional groups attached to an aromatic ring is 1. The summed E-state index contributed by atoms with van der Waals surface area (Å²) in [5.74, 6) is 6.48. The van der Waals surface area contributed by atoms with E-state index in [1.165, 1.54) is 4.57 Å². The minimum absolute atomic E-state index is 0.215. The van der Waals surface area contributed by atoms with Crippen LogP contribution in [0.25, 0.3) is 41.7 Å². The van der Waals surface area contributed by atoms with Gasteiger partial charge in [-0.3, -0.25) is 14.2 Å². The van der Waals surface area contributed by atoms with Gasteiger partial charge in [-0.15, -0.1) is 11.3 Å². The van der Waals surface area contributed by atoms with E-state index < -0.39 is 0 Å². The van der Waals surface area contributed by atoms with Gasteiger partial charge in [-0.1, -0.05) is 71.2 Å². The van der Waals surface area contributed by atoms with E-state index in [1.807, 2.05) is 30.3 Å². The van der Waals surface area contributed by atoms with E-state index in [4.69, 9.17) is 5.73 Å². The molecule has 3 aromatic carbocycles. The van der Waals surface area contributed by atoms with Crippen molar-refractivity contribution < 1.29 is 0 Å². The Kier molecular flexibility index (Phi) is 6.82. The molecule has 3 heterocycles. The van der Waals surface area contributed by atoms with Gasteiger partial charge in [-0.2, -0.15) is 0 Å². The molecule has 42 heavy (non-hydrogen) atoms. The number of rotatable bonds is 6. The third-order valence-electron chi connectivity index (χ3n) is 8.71. The fourth-order valence-electron chi connectivity index (χ4n) is 5.69. The van der Waals surface area contributed by atoms with Crippen molar-refractivity contribution in [2.24, 2.45) is 10.8 Å². The number of nitrogens with zero attached hydrogens (tertiary/aromatic N) is 2. The fraction of sp³-hybridized carbons (Fsp3) is 0.306. The van der Waals surface area contributed by atoms with E-state index in [0.717, 1.165) is 55.8 Å². The Hall–Kier alpha value is -4.21. The molecule has 6 heteroatoms. The van der Waals surface area contributed by atoms with Gasteiger partial charge in [0.2, 0.25) is 0 Å². The molecular formula is C36H35N3O2S. The Morgan fingerprint density at radius 3 is 2.29 bits per heavy atom. The highest BCUT2D eigenvalue weighted by Gasteiger charge is 2.27. The summed E-state index contributed by atoms with van der Waals surface area (Å²) < 4.78 is 3.54. The van der Waals surface area contributed by atoms with E-state index >= 15 is 0 Å². The first-order valence-corrected chi connectivity index (χ1v) is 15.3. The highest BCUT2D eigenvalue weighted by Crippen LogP contribution is 2.41. The summed E-state index contributed by atoms with van der Waals surface area (Å²) in [5.41, 5.74) is 7.26. The van der Waals surface area contributed by atoms with E-state index in [-0.39, 0.29) is 21.9 Å². The quantitative estimate of drug-likeness (QED) is 0.125. The third kappa shape index (κ3) is 4.92. The van der Waals surface area contributed by atoms with Gasteiger partial charge in [0, 0.05) is 38.4 Å². The van der Waals surface area contributed by atoms with Crippen LogP contribution in [0.4, 0.5) is 5.69 Å². The number of benzene rings is 3. The van der Waals surface area contributed by atoms with E-state index in [1.54, 1.807) is 29.7 Å². The Morgan fingerprint density at radius 2 is 1.55 bits per heavy atom. The molecule has 2 N–H and O–H groups in total. The first-order chi connectivity index (χ1) is 20.0. The zero-order chi connectivity index (χ0) is 29.8. The van der Waals surface area contributed by atoms with Gasteiger partial charge in [-0.25, -0.2) is 4.98 Å². The van der Waals surface area contributed by atoms with Gasteiger partial charge in [0.05, 0.1) is 16.6 Å². The molecule has 0 fully saturated rings. The Bertz CT molecular complexity index is 2160. The van der Waals surface area contributed by atoms with Crippen LogP contribution in [0.3, 0.4) is 0 Å². The summed E-state index contributed by atoms with van der Waals surface area (Å²) >= 11 is 1.64. The molecule has 6 aromatic rings. The molecule has 5 nitrogen and oxygen atoms in total. The van der Waals surface area contributed by atoms with Gasteiger partial charge in [0.1, 0.15) is 5.69 Å². The normalized spacial score (nSPS) is 12.4. The van der Waals surface area contributed by atoms with E-state index in [9.17, 15) is 9.59 Å². The molecular weight excluding hydrogens is 538 g/mol. The molecule has 0 amide bonds. The van der Waals surface area contributed by atoms with Gasteiger partial charge >= 0.3 is 0 Å². The van der Waals surface area contributed by atoms with Crippen molar-refractivity contribution in [3.8, 4) is 11.8 Å². The van der Waals surface area contributed by atoms with Crippen molar-refractivity contribution in [2.75, 3.05) is 5.73 Å². The molecule has 0 atom stereocenters. The third-order valence-corrected chi connectivity index (χ3v) is 9.91. The lowest BCUT2D eigenvalue weighted by Gasteiger charge is -2.31. The molecule has 0 saturated heterocycles. The highest BCUT2D eigenvalue weighted by atomic mass is 32.1. The first-order valence-electron chi connectivity index (χ1n) is 14.5. The Morgan fingerprint density at radius 1 is 0.833 bits per heavy atom. The van der Waals surface area contributed by atoms with E-state index in [0.29, 0.717) is 28.7 Å². The molecule has 0 aliphatic heterocycles. The molecule has 0 spiro atoms. The lowest BCUT2D eigenvalue weighted by molar-refractivity contribution is 0.208. The molecule has 0 radical (unpaired) electrons. The maximum Gasteiger partial charge on any atom is 0.261 e. The second-order valence-corrected chi connectivity index (χ2v) is 14.0. The summed E-state index contributed by atoms with van der Waals surface area (Å²) in [6.07, 6.45) is 4.62. The predicted octanol–water partition coefficient (Wildman–Crippen LogP) is 7.94. The number of pyridine rings is 2. The van der Waals surface area contributed by atoms with Crippen LogP contribution in [0.15, 0.2) is 70.4 Å². The molecule has 212 valence electrons. The average Bonchev–Trinajstić information content (AvgIpc) is 2.98. The zero-order valence-electron chi connectivity index (χ0n) is 24.8. The number of nitrogens with two attached hydrogens (primary N) is 1. The summed E-state index contributed by atoms with van der Waals surface area (Å²) in [7, 11) is 0. The summed E-state index contributed by atoms with van der Waals surface area (Å²) in [6, 6.07) is 17.6. The SMILES string of the molecule is CCC(C)(C)CCC(C)(C)Cn1c(=O)c2ccc3c4ccccc4sc4c(C#Cc5ccc(N)cn5)cc(c1=O)c2c43. The number of anilines is 1. The van der Waals surface area contributed by atoms with Crippen LogP contribution in [0, 0.1) is 22.7 Å². The van der Waals surface area contributed by atoms with Crippen LogP contribution in [0.5, 0.6) is 0 Å². The summed E-state index contributed by atoms with van der Waals surface area (Å²) in [4.78, 5) is 32.5. The van der Waals surface area contributed by atoms with Crippen LogP contribution in [0.1, 0.15) is 65.1 Å². The largest absolute Gasteiger partial charge is 0.397 e. The van der Waals surface area contributed by atoms with Crippen LogP contribution < -0.4 is 16.9 Å². The van der Waals surface area contributed by atoms with Crippen LogP contribution in [-0.2, 0) is 6.54 Å². The molecule has 0 aliphatic rings. The molecule has 0 bridgehead atoms. The summed E-state index contributed by atoms with van der Waals surface area (Å²) in [6.45, 7) is 11.4. The lowest BCUT2D eigenvalue weighted by atomic mass is 9.77. The number of hydrogen-bond acceptors (Lipinski definition) is 5. The van der Waals surface area contributed by atoms with Gasteiger partial charge in [0.25, 0.3) is 11.1 Å². The molecule has 0 unspecified atom stereocenters. The van der Waals surface area contributed by atoms with Crippen molar-refractivity contribution in [1.82, 2.24) is 9.55 Å². The maximum atomic E-state index is 14.2. The van der Waals surface area contributed by atoms with Gasteiger partial charge in [0.15, 0.2) is 0 Å². The number of fused-ring (bicyclic) bond motifs is 2. The molecule has 0 saturated carbocycles. The second-order valence-electron chi connectivity index (χ2n) is 12.9. The maximum absolute atomic E-state index is 14.2. The predicted molar refractivity (Wildman–Crippen MR) is 178 cm³/mol. The minimum Gasteiger partial charge on any atom is -0.397 e.